The maximum absolute atomic E-state index is 12.6. The summed E-state index contributed by atoms with van der Waals surface area (Å²) in [5.74, 6) is 0.430. The normalized spacial score (nSPS) is 21.7. The first-order valence-corrected chi connectivity index (χ1v) is 9.07. The van der Waals surface area contributed by atoms with Crippen molar-refractivity contribution in [3.05, 3.63) is 17.0 Å². The van der Waals surface area contributed by atoms with Gasteiger partial charge in [-0.15, -0.1) is 11.3 Å². The number of thiophene rings is 1. The molecule has 1 aliphatic heterocycles. The van der Waals surface area contributed by atoms with E-state index in [4.69, 9.17) is 0 Å². The molecule has 0 radical (unpaired) electrons. The summed E-state index contributed by atoms with van der Waals surface area (Å²) in [6.07, 6.45) is 2.96. The second kappa shape index (κ2) is 6.35. The molecule has 0 spiro atoms. The summed E-state index contributed by atoms with van der Waals surface area (Å²) in [7, 11) is -1.36. The van der Waals surface area contributed by atoms with Crippen LogP contribution in [-0.2, 0) is 16.4 Å². The van der Waals surface area contributed by atoms with Crippen molar-refractivity contribution in [3.8, 4) is 0 Å². The first-order valence-electron chi connectivity index (χ1n) is 6.81. The monoisotopic (exact) mass is 302 g/mol. The smallest absolute Gasteiger partial charge is 0.252 e. The molecule has 2 rings (SSSR count). The molecule has 1 saturated heterocycles. The third kappa shape index (κ3) is 3.37. The Hall–Kier alpha value is -0.430. The van der Waals surface area contributed by atoms with E-state index in [2.05, 4.69) is 5.32 Å². The highest BCUT2D eigenvalue weighted by Gasteiger charge is 2.30. The zero-order valence-electron chi connectivity index (χ0n) is 11.6. The average molecular weight is 302 g/mol. The molecule has 0 aliphatic carbocycles. The van der Waals surface area contributed by atoms with E-state index in [1.807, 2.05) is 20.0 Å². The largest absolute Gasteiger partial charge is 0.319 e. The van der Waals surface area contributed by atoms with E-state index in [9.17, 15) is 8.42 Å². The average Bonchev–Trinajstić information content (AvgIpc) is 2.89. The number of nitrogens with zero attached hydrogens (tertiary/aromatic N) is 1. The second-order valence-electron chi connectivity index (χ2n) is 5.00. The van der Waals surface area contributed by atoms with Gasteiger partial charge in [-0.05, 0) is 50.9 Å². The third-order valence-electron chi connectivity index (χ3n) is 3.55. The molecule has 4 nitrogen and oxygen atoms in total. The molecule has 0 bridgehead atoms. The Labute approximate surface area is 119 Å². The van der Waals surface area contributed by atoms with Crippen molar-refractivity contribution in [1.29, 1.82) is 0 Å². The number of aryl methyl sites for hydroxylation is 1. The van der Waals surface area contributed by atoms with Gasteiger partial charge >= 0.3 is 0 Å². The second-order valence-corrected chi connectivity index (χ2v) is 8.34. The summed E-state index contributed by atoms with van der Waals surface area (Å²) in [6, 6.07) is 3.67. The number of hydrogen-bond donors (Lipinski definition) is 1. The highest BCUT2D eigenvalue weighted by atomic mass is 32.2. The van der Waals surface area contributed by atoms with Crippen LogP contribution < -0.4 is 5.32 Å². The van der Waals surface area contributed by atoms with E-state index in [1.54, 1.807) is 10.4 Å². The Morgan fingerprint density at radius 2 is 2.26 bits per heavy atom. The quantitative estimate of drug-likeness (QED) is 0.904. The SMILES string of the molecule is CCc1ccc(S(=O)(=O)N2CCCC(CNC)C2)s1. The van der Waals surface area contributed by atoms with E-state index in [1.165, 1.54) is 11.3 Å². The summed E-state index contributed by atoms with van der Waals surface area (Å²) >= 11 is 1.40. The lowest BCUT2D eigenvalue weighted by Crippen LogP contribution is -2.42. The summed E-state index contributed by atoms with van der Waals surface area (Å²) in [4.78, 5) is 1.13. The molecular formula is C13H22N2O2S2. The van der Waals surface area contributed by atoms with Crippen LogP contribution in [0.5, 0.6) is 0 Å². The van der Waals surface area contributed by atoms with E-state index >= 15 is 0 Å². The molecule has 1 unspecified atom stereocenters. The van der Waals surface area contributed by atoms with Crippen LogP contribution in [0.15, 0.2) is 16.3 Å². The molecule has 1 atom stereocenters. The number of piperidine rings is 1. The summed E-state index contributed by atoms with van der Waals surface area (Å²) in [5.41, 5.74) is 0. The molecule has 1 aliphatic rings. The summed E-state index contributed by atoms with van der Waals surface area (Å²) in [6.45, 7) is 4.23. The number of sulfonamides is 1. The molecule has 1 aromatic rings. The van der Waals surface area contributed by atoms with Crippen molar-refractivity contribution < 1.29 is 8.42 Å². The minimum absolute atomic E-state index is 0.430. The van der Waals surface area contributed by atoms with Crippen LogP contribution in [0.3, 0.4) is 0 Å². The van der Waals surface area contributed by atoms with Crippen LogP contribution in [0.25, 0.3) is 0 Å². The van der Waals surface area contributed by atoms with Crippen molar-refractivity contribution in [1.82, 2.24) is 9.62 Å². The van der Waals surface area contributed by atoms with Gasteiger partial charge in [-0.3, -0.25) is 0 Å². The fourth-order valence-corrected chi connectivity index (χ4v) is 5.52. The van der Waals surface area contributed by atoms with Crippen molar-refractivity contribution in [3.63, 3.8) is 0 Å². The Kier molecular flexibility index (Phi) is 5.00. The lowest BCUT2D eigenvalue weighted by Gasteiger charge is -2.31. The minimum Gasteiger partial charge on any atom is -0.319 e. The zero-order valence-corrected chi connectivity index (χ0v) is 13.2. The molecule has 2 heterocycles. The molecule has 0 amide bonds. The van der Waals surface area contributed by atoms with Crippen molar-refractivity contribution in [2.24, 2.45) is 5.92 Å². The zero-order chi connectivity index (χ0) is 13.9. The van der Waals surface area contributed by atoms with E-state index in [-0.39, 0.29) is 0 Å². The van der Waals surface area contributed by atoms with Crippen LogP contribution in [-0.4, -0.2) is 39.4 Å². The minimum atomic E-state index is -3.28. The fraction of sp³-hybridized carbons (Fsp3) is 0.692. The Morgan fingerprint density at radius 3 is 2.89 bits per heavy atom. The van der Waals surface area contributed by atoms with Gasteiger partial charge < -0.3 is 5.32 Å². The van der Waals surface area contributed by atoms with Crippen LogP contribution in [0.4, 0.5) is 0 Å². The Morgan fingerprint density at radius 1 is 1.47 bits per heavy atom. The van der Waals surface area contributed by atoms with Crippen LogP contribution >= 0.6 is 11.3 Å². The van der Waals surface area contributed by atoms with Crippen molar-refractivity contribution >= 4 is 21.4 Å². The van der Waals surface area contributed by atoms with E-state index in [0.29, 0.717) is 23.2 Å². The van der Waals surface area contributed by atoms with Gasteiger partial charge in [0.1, 0.15) is 4.21 Å². The Bertz CT molecular complexity index is 508. The Balaban J connectivity index is 2.14. The van der Waals surface area contributed by atoms with Gasteiger partial charge in [0.15, 0.2) is 0 Å². The maximum Gasteiger partial charge on any atom is 0.252 e. The number of nitrogens with one attached hydrogen (secondary N) is 1. The third-order valence-corrected chi connectivity index (χ3v) is 7.12. The van der Waals surface area contributed by atoms with Gasteiger partial charge in [-0.25, -0.2) is 8.42 Å². The molecule has 1 N–H and O–H groups in total. The van der Waals surface area contributed by atoms with Gasteiger partial charge in [0.2, 0.25) is 0 Å². The summed E-state index contributed by atoms with van der Waals surface area (Å²) < 4.78 is 27.3. The van der Waals surface area contributed by atoms with E-state index in [0.717, 1.165) is 30.7 Å². The molecule has 19 heavy (non-hydrogen) atoms. The van der Waals surface area contributed by atoms with E-state index < -0.39 is 10.0 Å². The fourth-order valence-electron chi connectivity index (χ4n) is 2.51. The van der Waals surface area contributed by atoms with Crippen LogP contribution in [0.2, 0.25) is 0 Å². The van der Waals surface area contributed by atoms with Crippen LogP contribution in [0.1, 0.15) is 24.6 Å². The maximum atomic E-state index is 12.6. The van der Waals surface area contributed by atoms with Gasteiger partial charge in [-0.2, -0.15) is 4.31 Å². The van der Waals surface area contributed by atoms with Gasteiger partial charge in [-0.1, -0.05) is 6.92 Å². The lowest BCUT2D eigenvalue weighted by molar-refractivity contribution is 0.264. The molecule has 6 heteroatoms. The summed E-state index contributed by atoms with van der Waals surface area (Å²) in [5, 5.41) is 3.14. The number of hydrogen-bond acceptors (Lipinski definition) is 4. The molecule has 1 aromatic heterocycles. The standard InChI is InChI=1S/C13H22N2O2S2/c1-3-12-6-7-13(18-12)19(16,17)15-8-4-5-11(10-15)9-14-2/h6-7,11,14H,3-5,8-10H2,1-2H3. The van der Waals surface area contributed by atoms with Crippen molar-refractivity contribution in [2.45, 2.75) is 30.4 Å². The van der Waals surface area contributed by atoms with Crippen molar-refractivity contribution in [2.75, 3.05) is 26.7 Å². The van der Waals surface area contributed by atoms with Gasteiger partial charge in [0, 0.05) is 18.0 Å². The van der Waals surface area contributed by atoms with Gasteiger partial charge in [0.25, 0.3) is 10.0 Å². The van der Waals surface area contributed by atoms with Gasteiger partial charge in [0.05, 0.1) is 0 Å². The molecule has 0 aromatic carbocycles. The molecular weight excluding hydrogens is 280 g/mol. The highest BCUT2D eigenvalue weighted by Crippen LogP contribution is 2.28. The first kappa shape index (κ1) is 15.0. The number of rotatable bonds is 5. The highest BCUT2D eigenvalue weighted by molar-refractivity contribution is 7.91. The topological polar surface area (TPSA) is 49.4 Å². The molecule has 108 valence electrons. The lowest BCUT2D eigenvalue weighted by atomic mass is 10.00. The predicted octanol–water partition coefficient (Wildman–Crippen LogP) is 1.93. The van der Waals surface area contributed by atoms with Crippen LogP contribution in [0, 0.1) is 5.92 Å². The predicted molar refractivity (Wildman–Crippen MR) is 79.1 cm³/mol. The molecule has 1 fully saturated rings. The first-order chi connectivity index (χ1) is 9.07. The molecule has 0 saturated carbocycles.